The first-order valence-electron chi connectivity index (χ1n) is 9.80. The van der Waals surface area contributed by atoms with Crippen molar-refractivity contribution in [3.8, 4) is 0 Å². The molecule has 1 spiro atoms. The SMILES string of the molecule is CNc1ccnc(N2C[C@@H]3[C@H](CNC(=O)c4cccnc4)[C@H]4CC[C@]3(C2)O4)n1. The highest BCUT2D eigenvalue weighted by Crippen LogP contribution is 2.54. The van der Waals surface area contributed by atoms with E-state index in [9.17, 15) is 4.79 Å². The highest BCUT2D eigenvalue weighted by atomic mass is 16.5. The van der Waals surface area contributed by atoms with Crippen molar-refractivity contribution in [1.82, 2.24) is 20.3 Å². The van der Waals surface area contributed by atoms with Gasteiger partial charge in [0.15, 0.2) is 0 Å². The van der Waals surface area contributed by atoms with Gasteiger partial charge in [-0.05, 0) is 31.0 Å². The molecule has 28 heavy (non-hydrogen) atoms. The number of hydrogen-bond donors (Lipinski definition) is 2. The number of rotatable bonds is 5. The first-order chi connectivity index (χ1) is 13.7. The standard InChI is InChI=1S/C20H24N6O2/c1-21-17-5-8-23-19(25-17)26-11-15-14(16-4-6-20(15,12-26)28-16)10-24-18(27)13-3-2-7-22-9-13/h2-3,5,7-9,14-16H,4,6,10-12H2,1H3,(H,24,27)(H,21,23,25)/t14-,15+,16+,20+/m0/s1. The summed E-state index contributed by atoms with van der Waals surface area (Å²) in [5.41, 5.74) is 0.458. The summed E-state index contributed by atoms with van der Waals surface area (Å²) < 4.78 is 6.47. The summed E-state index contributed by atoms with van der Waals surface area (Å²) in [5, 5.41) is 6.16. The average molecular weight is 380 g/mol. The maximum absolute atomic E-state index is 12.4. The molecule has 3 aliphatic heterocycles. The Labute approximate surface area is 163 Å². The van der Waals surface area contributed by atoms with Crippen molar-refractivity contribution in [3.05, 3.63) is 42.4 Å². The van der Waals surface area contributed by atoms with E-state index in [0.29, 0.717) is 23.9 Å². The van der Waals surface area contributed by atoms with Crippen LogP contribution < -0.4 is 15.5 Å². The zero-order valence-corrected chi connectivity index (χ0v) is 15.8. The van der Waals surface area contributed by atoms with E-state index in [4.69, 9.17) is 4.74 Å². The molecule has 3 aliphatic rings. The molecule has 3 saturated heterocycles. The lowest BCUT2D eigenvalue weighted by Gasteiger charge is -2.29. The first kappa shape index (κ1) is 17.4. The van der Waals surface area contributed by atoms with Crippen LogP contribution in [0.4, 0.5) is 11.8 Å². The topological polar surface area (TPSA) is 92.3 Å². The highest BCUT2D eigenvalue weighted by molar-refractivity contribution is 5.93. The van der Waals surface area contributed by atoms with Crippen LogP contribution in [-0.2, 0) is 4.74 Å². The number of anilines is 2. The van der Waals surface area contributed by atoms with E-state index in [1.54, 1.807) is 30.7 Å². The molecular weight excluding hydrogens is 356 g/mol. The zero-order chi connectivity index (χ0) is 19.1. The lowest BCUT2D eigenvalue weighted by atomic mass is 9.73. The van der Waals surface area contributed by atoms with Gasteiger partial charge in [-0.1, -0.05) is 0 Å². The summed E-state index contributed by atoms with van der Waals surface area (Å²) in [6.45, 7) is 2.29. The Morgan fingerprint density at radius 1 is 1.39 bits per heavy atom. The molecule has 0 aromatic carbocycles. The lowest BCUT2D eigenvalue weighted by Crippen LogP contribution is -2.41. The number of amides is 1. The van der Waals surface area contributed by atoms with Gasteiger partial charge >= 0.3 is 0 Å². The Balaban J connectivity index is 1.30. The Hall–Kier alpha value is -2.74. The smallest absolute Gasteiger partial charge is 0.252 e. The van der Waals surface area contributed by atoms with Crippen LogP contribution in [0.15, 0.2) is 36.8 Å². The fourth-order valence-corrected chi connectivity index (χ4v) is 5.07. The van der Waals surface area contributed by atoms with E-state index < -0.39 is 0 Å². The molecule has 3 fully saturated rings. The van der Waals surface area contributed by atoms with Gasteiger partial charge in [0.05, 0.1) is 23.8 Å². The summed E-state index contributed by atoms with van der Waals surface area (Å²) in [6, 6.07) is 5.42. The molecule has 4 atom stereocenters. The van der Waals surface area contributed by atoms with Crippen LogP contribution >= 0.6 is 0 Å². The van der Waals surface area contributed by atoms with Crippen LogP contribution in [0.5, 0.6) is 0 Å². The van der Waals surface area contributed by atoms with Crippen LogP contribution in [0, 0.1) is 11.8 Å². The number of carbonyl (C=O) groups is 1. The molecule has 8 heteroatoms. The summed E-state index contributed by atoms with van der Waals surface area (Å²) >= 11 is 0. The molecule has 8 nitrogen and oxygen atoms in total. The highest BCUT2D eigenvalue weighted by Gasteiger charge is 2.63. The fraction of sp³-hybridized carbons (Fsp3) is 0.500. The molecule has 0 saturated carbocycles. The number of aromatic nitrogens is 3. The minimum absolute atomic E-state index is 0.0789. The van der Waals surface area contributed by atoms with Crippen LogP contribution in [0.25, 0.3) is 0 Å². The molecule has 1 amide bonds. The van der Waals surface area contributed by atoms with Gasteiger partial charge in [0.25, 0.3) is 5.91 Å². The van der Waals surface area contributed by atoms with Crippen molar-refractivity contribution in [2.45, 2.75) is 24.5 Å². The second-order valence-corrected chi connectivity index (χ2v) is 7.85. The molecule has 5 heterocycles. The van der Waals surface area contributed by atoms with Crippen LogP contribution in [-0.4, -0.2) is 59.2 Å². The zero-order valence-electron chi connectivity index (χ0n) is 15.8. The van der Waals surface area contributed by atoms with Crippen molar-refractivity contribution in [2.75, 3.05) is 36.9 Å². The van der Waals surface area contributed by atoms with Gasteiger partial charge in [-0.15, -0.1) is 0 Å². The molecule has 2 bridgehead atoms. The minimum atomic E-state index is -0.132. The Morgan fingerprint density at radius 2 is 2.32 bits per heavy atom. The van der Waals surface area contributed by atoms with Gasteiger partial charge < -0.3 is 20.3 Å². The first-order valence-corrected chi connectivity index (χ1v) is 9.80. The van der Waals surface area contributed by atoms with E-state index in [1.807, 2.05) is 13.1 Å². The van der Waals surface area contributed by atoms with Gasteiger partial charge in [0.2, 0.25) is 5.95 Å². The Bertz CT molecular complexity index is 878. The summed E-state index contributed by atoms with van der Waals surface area (Å²) in [6.07, 6.45) is 7.39. The molecule has 0 unspecified atom stereocenters. The molecule has 146 valence electrons. The maximum atomic E-state index is 12.4. The van der Waals surface area contributed by atoms with Crippen molar-refractivity contribution < 1.29 is 9.53 Å². The second kappa shape index (κ2) is 6.70. The molecule has 0 radical (unpaired) electrons. The predicted molar refractivity (Wildman–Crippen MR) is 104 cm³/mol. The molecule has 2 aromatic heterocycles. The lowest BCUT2D eigenvalue weighted by molar-refractivity contribution is 0.0141. The van der Waals surface area contributed by atoms with Gasteiger partial charge in [-0.25, -0.2) is 4.98 Å². The predicted octanol–water partition coefficient (Wildman–Crippen LogP) is 1.33. The summed E-state index contributed by atoms with van der Waals surface area (Å²) in [4.78, 5) is 27.7. The Morgan fingerprint density at radius 3 is 3.14 bits per heavy atom. The van der Waals surface area contributed by atoms with Gasteiger partial charge in [0, 0.05) is 50.6 Å². The quantitative estimate of drug-likeness (QED) is 0.808. The molecule has 2 N–H and O–H groups in total. The van der Waals surface area contributed by atoms with Crippen molar-refractivity contribution in [1.29, 1.82) is 0 Å². The van der Waals surface area contributed by atoms with E-state index in [1.165, 1.54) is 0 Å². The van der Waals surface area contributed by atoms with E-state index in [2.05, 4.69) is 30.5 Å². The van der Waals surface area contributed by atoms with Crippen molar-refractivity contribution in [3.63, 3.8) is 0 Å². The fourth-order valence-electron chi connectivity index (χ4n) is 5.07. The largest absolute Gasteiger partial charge is 0.373 e. The third-order valence-corrected chi connectivity index (χ3v) is 6.39. The van der Waals surface area contributed by atoms with E-state index in [-0.39, 0.29) is 17.6 Å². The van der Waals surface area contributed by atoms with Gasteiger partial charge in [-0.2, -0.15) is 4.98 Å². The monoisotopic (exact) mass is 380 g/mol. The number of hydrogen-bond acceptors (Lipinski definition) is 7. The van der Waals surface area contributed by atoms with Gasteiger partial charge in [-0.3, -0.25) is 9.78 Å². The summed E-state index contributed by atoms with van der Waals surface area (Å²) in [7, 11) is 1.86. The third kappa shape index (κ3) is 2.79. The second-order valence-electron chi connectivity index (χ2n) is 7.85. The van der Waals surface area contributed by atoms with E-state index in [0.717, 1.165) is 37.7 Å². The van der Waals surface area contributed by atoms with Gasteiger partial charge in [0.1, 0.15) is 5.82 Å². The van der Waals surface area contributed by atoms with E-state index >= 15 is 0 Å². The van der Waals surface area contributed by atoms with Crippen LogP contribution in [0.1, 0.15) is 23.2 Å². The number of carbonyl (C=O) groups excluding carboxylic acids is 1. The normalized spacial score (nSPS) is 30.3. The number of nitrogens with zero attached hydrogens (tertiary/aromatic N) is 4. The molecule has 5 rings (SSSR count). The average Bonchev–Trinajstić information content (AvgIpc) is 3.41. The van der Waals surface area contributed by atoms with Crippen molar-refractivity contribution in [2.24, 2.45) is 11.8 Å². The number of fused-ring (bicyclic) bond motifs is 1. The maximum Gasteiger partial charge on any atom is 0.252 e. The number of ether oxygens (including phenoxy) is 1. The minimum Gasteiger partial charge on any atom is -0.373 e. The molecule has 0 aliphatic carbocycles. The van der Waals surface area contributed by atoms with Crippen molar-refractivity contribution >= 4 is 17.7 Å². The summed E-state index contributed by atoms with van der Waals surface area (Å²) in [5.74, 6) is 2.16. The molecular formula is C20H24N6O2. The number of pyridine rings is 1. The Kier molecular flexibility index (Phi) is 4.16. The number of nitrogens with one attached hydrogen (secondary N) is 2. The third-order valence-electron chi connectivity index (χ3n) is 6.39. The van der Waals surface area contributed by atoms with Crippen LogP contribution in [0.2, 0.25) is 0 Å². The van der Waals surface area contributed by atoms with Crippen LogP contribution in [0.3, 0.4) is 0 Å². The molecule has 2 aromatic rings.